The molecule has 0 radical (unpaired) electrons. The van der Waals surface area contributed by atoms with Crippen molar-refractivity contribution in [3.05, 3.63) is 18.1 Å². The van der Waals surface area contributed by atoms with Crippen LogP contribution in [0.5, 0.6) is 5.88 Å². The molecular weight excluding hydrogens is 128 g/mol. The maximum Gasteiger partial charge on any atom is 0.217 e. The predicted octanol–water partition coefficient (Wildman–Crippen LogP) is 0.466. The Kier molecular flexibility index (Phi) is 1.86. The normalized spacial score (nSPS) is 8.40. The van der Waals surface area contributed by atoms with Crippen molar-refractivity contribution in [2.45, 2.75) is 0 Å². The molecule has 1 rings (SSSR count). The lowest BCUT2D eigenvalue weighted by atomic mass is 10.4. The number of nitrogens with zero attached hydrogens (tertiary/aromatic N) is 2. The zero-order chi connectivity index (χ0) is 7.40. The molecule has 3 heteroatoms. The van der Waals surface area contributed by atoms with Gasteiger partial charge in [-0.1, -0.05) is 0 Å². The van der Waals surface area contributed by atoms with Crippen molar-refractivity contribution >= 4 is 0 Å². The summed E-state index contributed by atoms with van der Waals surface area (Å²) in [6, 6.07) is 1.60. The molecule has 10 heavy (non-hydrogen) atoms. The van der Waals surface area contributed by atoms with E-state index in [2.05, 4.69) is 15.9 Å². The highest BCUT2D eigenvalue weighted by molar-refractivity contribution is 5.27. The fourth-order valence-corrected chi connectivity index (χ4v) is 0.530. The third-order valence-corrected chi connectivity index (χ3v) is 0.999. The molecule has 0 fully saturated rings. The van der Waals surface area contributed by atoms with E-state index in [1.807, 2.05) is 0 Å². The monoisotopic (exact) mass is 134 g/mol. The minimum absolute atomic E-state index is 0.489. The van der Waals surface area contributed by atoms with Crippen molar-refractivity contribution in [2.75, 3.05) is 7.11 Å². The van der Waals surface area contributed by atoms with Gasteiger partial charge in [0.15, 0.2) is 0 Å². The summed E-state index contributed by atoms with van der Waals surface area (Å²) < 4.78 is 4.81. The van der Waals surface area contributed by atoms with Gasteiger partial charge in [0, 0.05) is 6.07 Å². The average Bonchev–Trinajstić information content (AvgIpc) is 2.05. The third-order valence-electron chi connectivity index (χ3n) is 0.999. The smallest absolute Gasteiger partial charge is 0.217 e. The van der Waals surface area contributed by atoms with E-state index in [1.165, 1.54) is 13.4 Å². The lowest BCUT2D eigenvalue weighted by molar-refractivity contribution is 0.396. The fourth-order valence-electron chi connectivity index (χ4n) is 0.530. The van der Waals surface area contributed by atoms with Crippen molar-refractivity contribution in [3.63, 3.8) is 0 Å². The molecule has 0 saturated carbocycles. The highest BCUT2D eigenvalue weighted by Crippen LogP contribution is 2.03. The highest BCUT2D eigenvalue weighted by Gasteiger charge is 1.92. The zero-order valence-corrected chi connectivity index (χ0v) is 5.53. The van der Waals surface area contributed by atoms with Crippen LogP contribution in [0.15, 0.2) is 12.4 Å². The summed E-state index contributed by atoms with van der Waals surface area (Å²) in [5.41, 5.74) is 0.534. The Morgan fingerprint density at radius 1 is 1.60 bits per heavy atom. The molecule has 3 nitrogen and oxygen atoms in total. The van der Waals surface area contributed by atoms with Crippen molar-refractivity contribution in [1.29, 1.82) is 0 Å². The van der Waals surface area contributed by atoms with E-state index in [0.717, 1.165) is 0 Å². The SMILES string of the molecule is C#Cc1cc(OC)ncn1. The van der Waals surface area contributed by atoms with Gasteiger partial charge >= 0.3 is 0 Å². The first kappa shape index (κ1) is 6.56. The number of methoxy groups -OCH3 is 1. The first-order chi connectivity index (χ1) is 4.86. The molecular formula is C7H6N2O. The van der Waals surface area contributed by atoms with E-state index in [-0.39, 0.29) is 0 Å². The molecule has 0 N–H and O–H groups in total. The van der Waals surface area contributed by atoms with Crippen LogP contribution in [0.25, 0.3) is 0 Å². The van der Waals surface area contributed by atoms with Crippen LogP contribution >= 0.6 is 0 Å². The van der Waals surface area contributed by atoms with Crippen LogP contribution in [0.4, 0.5) is 0 Å². The second kappa shape index (κ2) is 2.83. The van der Waals surface area contributed by atoms with Gasteiger partial charge in [0.2, 0.25) is 5.88 Å². The fraction of sp³-hybridized carbons (Fsp3) is 0.143. The Labute approximate surface area is 59.1 Å². The Hall–Kier alpha value is -1.56. The predicted molar refractivity (Wildman–Crippen MR) is 36.5 cm³/mol. The first-order valence-electron chi connectivity index (χ1n) is 2.69. The molecule has 50 valence electrons. The summed E-state index contributed by atoms with van der Waals surface area (Å²) >= 11 is 0. The molecule has 0 amide bonds. The number of terminal acetylenes is 1. The quantitative estimate of drug-likeness (QED) is 0.523. The van der Waals surface area contributed by atoms with Gasteiger partial charge in [-0.2, -0.15) is 0 Å². The number of hydrogen-bond donors (Lipinski definition) is 0. The Morgan fingerprint density at radius 3 is 3.00 bits per heavy atom. The first-order valence-corrected chi connectivity index (χ1v) is 2.69. The second-order valence-electron chi connectivity index (χ2n) is 1.59. The van der Waals surface area contributed by atoms with Gasteiger partial charge in [-0.15, -0.1) is 6.42 Å². The molecule has 0 aliphatic carbocycles. The summed E-state index contributed by atoms with van der Waals surface area (Å²) in [5, 5.41) is 0. The molecule has 1 heterocycles. The van der Waals surface area contributed by atoms with Gasteiger partial charge < -0.3 is 4.74 Å². The van der Waals surface area contributed by atoms with E-state index >= 15 is 0 Å². The number of rotatable bonds is 1. The molecule has 0 aliphatic heterocycles. The Morgan fingerprint density at radius 2 is 2.40 bits per heavy atom. The standard InChI is InChI=1S/C7H6N2O/c1-3-6-4-7(10-2)9-5-8-6/h1,4-5H,2H3. The van der Waals surface area contributed by atoms with Crippen LogP contribution in [0.1, 0.15) is 5.69 Å². The summed E-state index contributed by atoms with van der Waals surface area (Å²) in [5.74, 6) is 2.86. The van der Waals surface area contributed by atoms with Crippen molar-refractivity contribution < 1.29 is 4.74 Å². The summed E-state index contributed by atoms with van der Waals surface area (Å²) in [7, 11) is 1.53. The topological polar surface area (TPSA) is 35.0 Å². The van der Waals surface area contributed by atoms with Crippen molar-refractivity contribution in [3.8, 4) is 18.2 Å². The van der Waals surface area contributed by atoms with Crippen LogP contribution in [0, 0.1) is 12.3 Å². The average molecular weight is 134 g/mol. The zero-order valence-electron chi connectivity index (χ0n) is 5.53. The molecule has 1 aromatic heterocycles. The minimum atomic E-state index is 0.489. The van der Waals surface area contributed by atoms with Crippen molar-refractivity contribution in [2.24, 2.45) is 0 Å². The molecule has 1 aromatic rings. The van der Waals surface area contributed by atoms with Crippen LogP contribution in [0.2, 0.25) is 0 Å². The van der Waals surface area contributed by atoms with Gasteiger partial charge in [0.25, 0.3) is 0 Å². The van der Waals surface area contributed by atoms with Crippen LogP contribution < -0.4 is 4.74 Å². The molecule has 0 atom stereocenters. The summed E-state index contributed by atoms with van der Waals surface area (Å²) in [6.45, 7) is 0. The molecule has 0 saturated heterocycles. The van der Waals surface area contributed by atoms with E-state index in [4.69, 9.17) is 11.2 Å². The highest BCUT2D eigenvalue weighted by atomic mass is 16.5. The van der Waals surface area contributed by atoms with Gasteiger partial charge in [0.05, 0.1) is 7.11 Å². The van der Waals surface area contributed by atoms with Crippen LogP contribution in [0.3, 0.4) is 0 Å². The van der Waals surface area contributed by atoms with E-state index in [0.29, 0.717) is 11.6 Å². The molecule has 0 unspecified atom stereocenters. The Balaban J connectivity index is 3.01. The second-order valence-corrected chi connectivity index (χ2v) is 1.59. The maximum atomic E-state index is 5.08. The maximum absolute atomic E-state index is 5.08. The molecule has 0 aromatic carbocycles. The Bertz CT molecular complexity index is 265. The van der Waals surface area contributed by atoms with Crippen LogP contribution in [-0.2, 0) is 0 Å². The summed E-state index contributed by atoms with van der Waals surface area (Å²) in [6.07, 6.45) is 6.45. The number of aromatic nitrogens is 2. The molecule has 0 spiro atoms. The van der Waals surface area contributed by atoms with E-state index in [1.54, 1.807) is 6.07 Å². The van der Waals surface area contributed by atoms with Gasteiger partial charge in [0.1, 0.15) is 12.0 Å². The van der Waals surface area contributed by atoms with Crippen molar-refractivity contribution in [1.82, 2.24) is 9.97 Å². The van der Waals surface area contributed by atoms with E-state index < -0.39 is 0 Å². The largest absolute Gasteiger partial charge is 0.481 e. The van der Waals surface area contributed by atoms with Gasteiger partial charge in [-0.25, -0.2) is 9.97 Å². The summed E-state index contributed by atoms with van der Waals surface area (Å²) in [4.78, 5) is 7.56. The lowest BCUT2D eigenvalue weighted by Crippen LogP contribution is -1.89. The molecule has 0 bridgehead atoms. The third kappa shape index (κ3) is 1.23. The van der Waals surface area contributed by atoms with Gasteiger partial charge in [-0.3, -0.25) is 0 Å². The van der Waals surface area contributed by atoms with Crippen LogP contribution in [-0.4, -0.2) is 17.1 Å². The van der Waals surface area contributed by atoms with Gasteiger partial charge in [-0.05, 0) is 5.92 Å². The lowest BCUT2D eigenvalue weighted by Gasteiger charge is -1.95. The number of ether oxygens (including phenoxy) is 1. The number of hydrogen-bond acceptors (Lipinski definition) is 3. The van der Waals surface area contributed by atoms with E-state index in [9.17, 15) is 0 Å². The minimum Gasteiger partial charge on any atom is -0.481 e. The molecule has 0 aliphatic rings.